The first kappa shape index (κ1) is 12.7. The molecule has 0 fully saturated rings. The van der Waals surface area contributed by atoms with Gasteiger partial charge in [0.1, 0.15) is 0 Å². The molecule has 2 rings (SSSR count). The molecule has 0 bridgehead atoms. The molecule has 0 saturated heterocycles. The van der Waals surface area contributed by atoms with E-state index in [0.717, 1.165) is 24.3 Å². The second-order valence-corrected chi connectivity index (χ2v) is 4.51. The number of rotatable bonds is 5. The quantitative estimate of drug-likeness (QED) is 0.850. The fourth-order valence-electron chi connectivity index (χ4n) is 1.98. The van der Waals surface area contributed by atoms with Crippen LogP contribution in [0, 0.1) is 0 Å². The average Bonchev–Trinajstić information content (AvgIpc) is 2.75. The number of hydrogen-bond donors (Lipinski definition) is 1. The van der Waals surface area contributed by atoms with Crippen LogP contribution >= 0.6 is 0 Å². The van der Waals surface area contributed by atoms with E-state index in [-0.39, 0.29) is 0 Å². The van der Waals surface area contributed by atoms with Crippen molar-refractivity contribution in [1.29, 1.82) is 0 Å². The summed E-state index contributed by atoms with van der Waals surface area (Å²) in [6.07, 6.45) is 5.73. The van der Waals surface area contributed by atoms with E-state index in [0.29, 0.717) is 6.54 Å². The lowest BCUT2D eigenvalue weighted by molar-refractivity contribution is 0.314. The molecular weight excluding hydrogens is 226 g/mol. The Kier molecular flexibility index (Phi) is 4.07. The maximum atomic E-state index is 5.71. The molecule has 2 aromatic heterocycles. The summed E-state index contributed by atoms with van der Waals surface area (Å²) in [5.41, 5.74) is 9.06. The minimum atomic E-state index is 0.532. The zero-order valence-corrected chi connectivity index (χ0v) is 10.9. The molecule has 5 nitrogen and oxygen atoms in total. The predicted octanol–water partition coefficient (Wildman–Crippen LogP) is 0.906. The van der Waals surface area contributed by atoms with Crippen LogP contribution in [0.5, 0.6) is 0 Å². The molecule has 2 aromatic rings. The van der Waals surface area contributed by atoms with Crippen molar-refractivity contribution in [1.82, 2.24) is 19.7 Å². The van der Waals surface area contributed by atoms with Gasteiger partial charge in [0.05, 0.1) is 11.9 Å². The van der Waals surface area contributed by atoms with Crippen LogP contribution in [0.3, 0.4) is 0 Å². The normalized spacial score (nSPS) is 11.1. The lowest BCUT2D eigenvalue weighted by Crippen LogP contribution is -2.19. The van der Waals surface area contributed by atoms with Crippen molar-refractivity contribution in [2.24, 2.45) is 12.8 Å². The number of nitrogens with two attached hydrogens (primary N) is 1. The van der Waals surface area contributed by atoms with E-state index in [9.17, 15) is 0 Å². The molecule has 0 radical (unpaired) electrons. The molecule has 0 atom stereocenters. The molecule has 2 heterocycles. The Labute approximate surface area is 107 Å². The Morgan fingerprint density at radius 3 is 2.89 bits per heavy atom. The van der Waals surface area contributed by atoms with E-state index in [2.05, 4.69) is 22.0 Å². The fraction of sp³-hybridized carbons (Fsp3) is 0.385. The number of aromatic nitrogens is 3. The minimum Gasteiger partial charge on any atom is -0.326 e. The number of hydrogen-bond acceptors (Lipinski definition) is 4. The molecule has 18 heavy (non-hydrogen) atoms. The van der Waals surface area contributed by atoms with Crippen LogP contribution in [0.15, 0.2) is 30.7 Å². The van der Waals surface area contributed by atoms with E-state index >= 15 is 0 Å². The van der Waals surface area contributed by atoms with Crippen molar-refractivity contribution in [3.05, 3.63) is 47.5 Å². The first-order valence-corrected chi connectivity index (χ1v) is 5.98. The topological polar surface area (TPSA) is 60.0 Å². The Hall–Kier alpha value is -1.72. The summed E-state index contributed by atoms with van der Waals surface area (Å²) in [6.45, 7) is 2.18. The van der Waals surface area contributed by atoms with Crippen molar-refractivity contribution in [3.8, 4) is 0 Å². The zero-order valence-electron chi connectivity index (χ0n) is 10.9. The third-order valence-electron chi connectivity index (χ3n) is 2.83. The average molecular weight is 245 g/mol. The summed E-state index contributed by atoms with van der Waals surface area (Å²) in [5, 5.41) is 4.16. The second-order valence-electron chi connectivity index (χ2n) is 4.51. The van der Waals surface area contributed by atoms with Gasteiger partial charge in [-0.3, -0.25) is 14.6 Å². The summed E-state index contributed by atoms with van der Waals surface area (Å²) in [6, 6.07) is 3.95. The van der Waals surface area contributed by atoms with Gasteiger partial charge in [0.2, 0.25) is 0 Å². The van der Waals surface area contributed by atoms with E-state index in [4.69, 9.17) is 5.73 Å². The van der Waals surface area contributed by atoms with Gasteiger partial charge in [-0.2, -0.15) is 5.10 Å². The SMILES string of the molecule is CN(Cc1cnn(C)c1)Cc1ncccc1CN. The van der Waals surface area contributed by atoms with E-state index in [1.807, 2.05) is 42.5 Å². The van der Waals surface area contributed by atoms with Crippen molar-refractivity contribution >= 4 is 0 Å². The summed E-state index contributed by atoms with van der Waals surface area (Å²) in [4.78, 5) is 6.60. The van der Waals surface area contributed by atoms with Crippen LogP contribution in [0.4, 0.5) is 0 Å². The highest BCUT2D eigenvalue weighted by atomic mass is 15.2. The van der Waals surface area contributed by atoms with Gasteiger partial charge in [0.25, 0.3) is 0 Å². The van der Waals surface area contributed by atoms with Gasteiger partial charge in [0.15, 0.2) is 0 Å². The van der Waals surface area contributed by atoms with E-state index in [1.165, 1.54) is 5.56 Å². The first-order chi connectivity index (χ1) is 8.69. The molecule has 0 amide bonds. The lowest BCUT2D eigenvalue weighted by Gasteiger charge is -2.16. The summed E-state index contributed by atoms with van der Waals surface area (Å²) in [7, 11) is 4.00. The van der Waals surface area contributed by atoms with Crippen LogP contribution in [-0.4, -0.2) is 26.7 Å². The highest BCUT2D eigenvalue weighted by Gasteiger charge is 2.07. The molecule has 0 unspecified atom stereocenters. The maximum absolute atomic E-state index is 5.71. The van der Waals surface area contributed by atoms with Gasteiger partial charge < -0.3 is 5.73 Å². The molecule has 0 aliphatic carbocycles. The summed E-state index contributed by atoms with van der Waals surface area (Å²) >= 11 is 0. The van der Waals surface area contributed by atoms with Gasteiger partial charge >= 0.3 is 0 Å². The second kappa shape index (κ2) is 5.75. The zero-order chi connectivity index (χ0) is 13.0. The summed E-state index contributed by atoms with van der Waals surface area (Å²) < 4.78 is 1.81. The standard InChI is InChI=1S/C13H19N5/c1-17(8-11-7-16-18(2)9-11)10-13-12(6-14)4-3-5-15-13/h3-5,7,9H,6,8,10,14H2,1-2H3. The van der Waals surface area contributed by atoms with Crippen LogP contribution in [-0.2, 0) is 26.7 Å². The number of aryl methyl sites for hydroxylation is 1. The molecule has 0 aliphatic heterocycles. The molecule has 0 saturated carbocycles. The van der Waals surface area contributed by atoms with Gasteiger partial charge in [-0.15, -0.1) is 0 Å². The molecular formula is C13H19N5. The number of pyridine rings is 1. The third kappa shape index (κ3) is 3.15. The van der Waals surface area contributed by atoms with Crippen molar-refractivity contribution in [3.63, 3.8) is 0 Å². The van der Waals surface area contributed by atoms with Gasteiger partial charge in [-0.1, -0.05) is 6.07 Å². The van der Waals surface area contributed by atoms with Crippen LogP contribution in [0.25, 0.3) is 0 Å². The first-order valence-electron chi connectivity index (χ1n) is 5.98. The van der Waals surface area contributed by atoms with Gasteiger partial charge in [-0.05, 0) is 18.7 Å². The monoisotopic (exact) mass is 245 g/mol. The fourth-order valence-corrected chi connectivity index (χ4v) is 1.98. The Balaban J connectivity index is 2.00. The van der Waals surface area contributed by atoms with E-state index < -0.39 is 0 Å². The van der Waals surface area contributed by atoms with Gasteiger partial charge in [-0.25, -0.2) is 0 Å². The van der Waals surface area contributed by atoms with E-state index in [1.54, 1.807) is 0 Å². The molecule has 5 heteroatoms. The molecule has 96 valence electrons. The highest BCUT2D eigenvalue weighted by molar-refractivity contribution is 5.19. The van der Waals surface area contributed by atoms with Gasteiger partial charge in [0, 0.05) is 44.6 Å². The van der Waals surface area contributed by atoms with Crippen molar-refractivity contribution in [2.45, 2.75) is 19.6 Å². The van der Waals surface area contributed by atoms with Crippen molar-refractivity contribution in [2.75, 3.05) is 7.05 Å². The molecule has 2 N–H and O–H groups in total. The number of nitrogens with zero attached hydrogens (tertiary/aromatic N) is 4. The largest absolute Gasteiger partial charge is 0.326 e. The highest BCUT2D eigenvalue weighted by Crippen LogP contribution is 2.09. The minimum absolute atomic E-state index is 0.532. The predicted molar refractivity (Wildman–Crippen MR) is 70.5 cm³/mol. The molecule has 0 aliphatic rings. The maximum Gasteiger partial charge on any atom is 0.0588 e. The van der Waals surface area contributed by atoms with Crippen LogP contribution in [0.1, 0.15) is 16.8 Å². The third-order valence-corrected chi connectivity index (χ3v) is 2.83. The Morgan fingerprint density at radius 1 is 1.39 bits per heavy atom. The Bertz CT molecular complexity index is 506. The lowest BCUT2D eigenvalue weighted by atomic mass is 10.2. The smallest absolute Gasteiger partial charge is 0.0588 e. The molecule has 0 spiro atoms. The van der Waals surface area contributed by atoms with Crippen molar-refractivity contribution < 1.29 is 0 Å². The molecule has 0 aromatic carbocycles. The summed E-state index contributed by atoms with van der Waals surface area (Å²) in [5.74, 6) is 0. The van der Waals surface area contributed by atoms with Crippen LogP contribution in [0.2, 0.25) is 0 Å². The van der Waals surface area contributed by atoms with Crippen LogP contribution < -0.4 is 5.73 Å². The Morgan fingerprint density at radius 2 is 2.22 bits per heavy atom.